The SMILES string of the molecule is CN1CCc2ccccc2C(C(O)(c2ccccc2)c2ccccc2)CC1. The summed E-state index contributed by atoms with van der Waals surface area (Å²) < 4.78 is 0. The van der Waals surface area contributed by atoms with E-state index < -0.39 is 5.60 Å². The standard InChI is InChI=1S/C25H27NO/c1-26-18-16-20-10-8-9-15-23(20)24(17-19-26)25(27,21-11-4-2-5-12-21)22-13-6-3-7-14-22/h2-15,24,27H,16-19H2,1H3. The number of benzene rings is 3. The van der Waals surface area contributed by atoms with E-state index in [-0.39, 0.29) is 5.92 Å². The number of aliphatic hydroxyl groups is 1. The molecule has 27 heavy (non-hydrogen) atoms. The average molecular weight is 357 g/mol. The summed E-state index contributed by atoms with van der Waals surface area (Å²) in [7, 11) is 2.18. The summed E-state index contributed by atoms with van der Waals surface area (Å²) >= 11 is 0. The van der Waals surface area contributed by atoms with Gasteiger partial charge in [-0.1, -0.05) is 84.9 Å². The van der Waals surface area contributed by atoms with Crippen molar-refractivity contribution in [2.45, 2.75) is 24.4 Å². The van der Waals surface area contributed by atoms with Gasteiger partial charge in [-0.2, -0.15) is 0 Å². The second-order valence-corrected chi connectivity index (χ2v) is 7.59. The summed E-state index contributed by atoms with van der Waals surface area (Å²) in [6.07, 6.45) is 1.93. The Bertz CT molecular complexity index is 836. The number of rotatable bonds is 3. The average Bonchev–Trinajstić information content (AvgIpc) is 2.72. The van der Waals surface area contributed by atoms with Gasteiger partial charge in [-0.25, -0.2) is 0 Å². The first kappa shape index (κ1) is 18.0. The van der Waals surface area contributed by atoms with Crippen molar-refractivity contribution in [3.05, 3.63) is 107 Å². The van der Waals surface area contributed by atoms with E-state index in [1.165, 1.54) is 11.1 Å². The van der Waals surface area contributed by atoms with Gasteiger partial charge in [0.2, 0.25) is 0 Å². The first-order valence-electron chi connectivity index (χ1n) is 9.79. The summed E-state index contributed by atoms with van der Waals surface area (Å²) in [4.78, 5) is 2.37. The van der Waals surface area contributed by atoms with E-state index in [0.29, 0.717) is 0 Å². The molecule has 0 amide bonds. The van der Waals surface area contributed by atoms with Crippen LogP contribution >= 0.6 is 0 Å². The number of hydrogen-bond acceptors (Lipinski definition) is 2. The molecule has 138 valence electrons. The largest absolute Gasteiger partial charge is 0.380 e. The quantitative estimate of drug-likeness (QED) is 0.741. The molecule has 1 N–H and O–H groups in total. The molecular formula is C25H27NO. The van der Waals surface area contributed by atoms with Crippen LogP contribution in [-0.2, 0) is 12.0 Å². The molecule has 1 unspecified atom stereocenters. The van der Waals surface area contributed by atoms with E-state index in [4.69, 9.17) is 0 Å². The minimum absolute atomic E-state index is 0.00116. The maximum atomic E-state index is 12.3. The van der Waals surface area contributed by atoms with Crippen LogP contribution in [-0.4, -0.2) is 30.1 Å². The van der Waals surface area contributed by atoms with Gasteiger partial charge >= 0.3 is 0 Å². The molecule has 1 aliphatic rings. The lowest BCUT2D eigenvalue weighted by atomic mass is 9.70. The summed E-state index contributed by atoms with van der Waals surface area (Å²) in [5, 5.41) is 12.3. The molecule has 0 bridgehead atoms. The van der Waals surface area contributed by atoms with Gasteiger partial charge in [0.05, 0.1) is 0 Å². The monoisotopic (exact) mass is 357 g/mol. The highest BCUT2D eigenvalue weighted by Crippen LogP contribution is 2.46. The fourth-order valence-electron chi connectivity index (χ4n) is 4.42. The minimum Gasteiger partial charge on any atom is -0.380 e. The van der Waals surface area contributed by atoms with Crippen molar-refractivity contribution in [2.24, 2.45) is 0 Å². The topological polar surface area (TPSA) is 23.5 Å². The molecular weight excluding hydrogens is 330 g/mol. The van der Waals surface area contributed by atoms with Crippen molar-refractivity contribution in [2.75, 3.05) is 20.1 Å². The lowest BCUT2D eigenvalue weighted by Crippen LogP contribution is -2.39. The van der Waals surface area contributed by atoms with Crippen LogP contribution in [0.2, 0.25) is 0 Å². The molecule has 0 spiro atoms. The zero-order valence-corrected chi connectivity index (χ0v) is 15.9. The Morgan fingerprint density at radius 2 is 1.33 bits per heavy atom. The third-order valence-electron chi connectivity index (χ3n) is 5.92. The van der Waals surface area contributed by atoms with Gasteiger partial charge < -0.3 is 10.0 Å². The van der Waals surface area contributed by atoms with Crippen molar-refractivity contribution >= 4 is 0 Å². The normalized spacial score (nSPS) is 18.4. The summed E-state index contributed by atoms with van der Waals surface area (Å²) in [6.45, 7) is 2.03. The van der Waals surface area contributed by atoms with Crippen molar-refractivity contribution in [1.82, 2.24) is 4.90 Å². The van der Waals surface area contributed by atoms with Gasteiger partial charge in [-0.05, 0) is 48.7 Å². The Hall–Kier alpha value is -2.42. The molecule has 0 saturated carbocycles. The number of likely N-dealkylation sites (N-methyl/N-ethyl adjacent to an activating group) is 1. The Morgan fingerprint density at radius 1 is 0.778 bits per heavy atom. The fraction of sp³-hybridized carbons (Fsp3) is 0.280. The first-order chi connectivity index (χ1) is 13.2. The van der Waals surface area contributed by atoms with Gasteiger partial charge in [0.25, 0.3) is 0 Å². The van der Waals surface area contributed by atoms with E-state index in [2.05, 4.69) is 60.5 Å². The molecule has 2 nitrogen and oxygen atoms in total. The highest BCUT2D eigenvalue weighted by atomic mass is 16.3. The minimum atomic E-state index is -1.06. The second kappa shape index (κ2) is 7.67. The van der Waals surface area contributed by atoms with Gasteiger partial charge in [-0.15, -0.1) is 0 Å². The summed E-state index contributed by atoms with van der Waals surface area (Å²) in [5.74, 6) is 0.00116. The molecule has 0 aliphatic carbocycles. The van der Waals surface area contributed by atoms with Crippen LogP contribution in [0.3, 0.4) is 0 Å². The van der Waals surface area contributed by atoms with Crippen LogP contribution < -0.4 is 0 Å². The second-order valence-electron chi connectivity index (χ2n) is 7.59. The Morgan fingerprint density at radius 3 is 1.96 bits per heavy atom. The predicted octanol–water partition coefficient (Wildman–Crippen LogP) is 4.58. The van der Waals surface area contributed by atoms with Gasteiger partial charge in [-0.3, -0.25) is 0 Å². The molecule has 0 saturated heterocycles. The molecule has 0 fully saturated rings. The zero-order valence-electron chi connectivity index (χ0n) is 15.9. The molecule has 1 heterocycles. The third kappa shape index (κ3) is 3.43. The van der Waals surface area contributed by atoms with Crippen LogP contribution in [0.5, 0.6) is 0 Å². The van der Waals surface area contributed by atoms with Crippen molar-refractivity contribution in [1.29, 1.82) is 0 Å². The molecule has 1 aliphatic heterocycles. The lowest BCUT2D eigenvalue weighted by molar-refractivity contribution is 0.0412. The van der Waals surface area contributed by atoms with Gasteiger partial charge in [0, 0.05) is 12.5 Å². The van der Waals surface area contributed by atoms with Crippen LogP contribution in [0.25, 0.3) is 0 Å². The zero-order chi connectivity index (χ0) is 18.7. The number of fused-ring (bicyclic) bond motifs is 1. The summed E-state index contributed by atoms with van der Waals surface area (Å²) in [6, 6.07) is 29.0. The van der Waals surface area contributed by atoms with Crippen LogP contribution in [0, 0.1) is 0 Å². The summed E-state index contributed by atoms with van der Waals surface area (Å²) in [5.41, 5.74) is 3.48. The Kier molecular flexibility index (Phi) is 5.11. The van der Waals surface area contributed by atoms with Crippen molar-refractivity contribution in [3.63, 3.8) is 0 Å². The Balaban J connectivity index is 1.92. The van der Waals surface area contributed by atoms with E-state index in [1.54, 1.807) is 0 Å². The molecule has 0 radical (unpaired) electrons. The third-order valence-corrected chi connectivity index (χ3v) is 5.92. The molecule has 2 heteroatoms. The highest BCUT2D eigenvalue weighted by molar-refractivity contribution is 5.44. The highest BCUT2D eigenvalue weighted by Gasteiger charge is 2.42. The maximum Gasteiger partial charge on any atom is 0.121 e. The molecule has 1 atom stereocenters. The lowest BCUT2D eigenvalue weighted by Gasteiger charge is -2.40. The van der Waals surface area contributed by atoms with E-state index in [0.717, 1.165) is 37.1 Å². The maximum absolute atomic E-state index is 12.3. The number of nitrogens with zero attached hydrogens (tertiary/aromatic N) is 1. The predicted molar refractivity (Wildman–Crippen MR) is 111 cm³/mol. The van der Waals surface area contributed by atoms with Crippen molar-refractivity contribution < 1.29 is 5.11 Å². The fourth-order valence-corrected chi connectivity index (χ4v) is 4.42. The molecule has 4 rings (SSSR count). The van der Waals surface area contributed by atoms with Gasteiger partial charge in [0.15, 0.2) is 0 Å². The van der Waals surface area contributed by atoms with Crippen LogP contribution in [0.4, 0.5) is 0 Å². The first-order valence-corrected chi connectivity index (χ1v) is 9.79. The molecule has 3 aromatic carbocycles. The van der Waals surface area contributed by atoms with Gasteiger partial charge in [0.1, 0.15) is 5.60 Å². The number of hydrogen-bond donors (Lipinski definition) is 1. The van der Waals surface area contributed by atoms with Crippen LogP contribution in [0.1, 0.15) is 34.6 Å². The van der Waals surface area contributed by atoms with E-state index >= 15 is 0 Å². The molecule has 3 aromatic rings. The van der Waals surface area contributed by atoms with E-state index in [9.17, 15) is 5.11 Å². The van der Waals surface area contributed by atoms with E-state index in [1.807, 2.05) is 36.4 Å². The van der Waals surface area contributed by atoms with Crippen LogP contribution in [0.15, 0.2) is 84.9 Å². The Labute approximate surface area is 162 Å². The van der Waals surface area contributed by atoms with Crippen molar-refractivity contribution in [3.8, 4) is 0 Å². The smallest absolute Gasteiger partial charge is 0.121 e. The molecule has 0 aromatic heterocycles.